The van der Waals surface area contributed by atoms with E-state index < -0.39 is 51.0 Å². The molecular weight excluding hydrogens is 657 g/mol. The molecule has 3 N–H and O–H groups in total. The number of rotatable bonds is 18. The van der Waals surface area contributed by atoms with Crippen molar-refractivity contribution < 1.29 is 48.4 Å². The molecule has 0 aliphatic heterocycles. The van der Waals surface area contributed by atoms with E-state index in [1.807, 2.05) is 0 Å². The quantitative estimate of drug-likeness (QED) is 0.0304. The Morgan fingerprint density at radius 1 is 0.543 bits per heavy atom. The first-order chi connectivity index (χ1) is 21.6. The minimum atomic E-state index is -5.03. The van der Waals surface area contributed by atoms with E-state index >= 15 is 0 Å². The molecule has 4 aromatic carbocycles. The van der Waals surface area contributed by atoms with Crippen LogP contribution >= 0.6 is 0 Å². The fourth-order valence-corrected chi connectivity index (χ4v) is 8.26. The van der Waals surface area contributed by atoms with Gasteiger partial charge in [-0.15, -0.1) is 0 Å². The van der Waals surface area contributed by atoms with E-state index in [-0.39, 0.29) is 44.5 Å². The molecule has 46 heavy (non-hydrogen) atoms. The summed E-state index contributed by atoms with van der Waals surface area (Å²) in [7, 11) is -15.0. The van der Waals surface area contributed by atoms with Crippen LogP contribution in [0.1, 0.15) is 96.8 Å². The van der Waals surface area contributed by atoms with Crippen LogP contribution in [0.25, 0.3) is 32.3 Å². The highest BCUT2D eigenvalue weighted by Crippen LogP contribution is 2.45. The minimum Gasteiger partial charge on any atom is -0.426 e. The molecular formula is C32H40O11S3. The van der Waals surface area contributed by atoms with Crippen molar-refractivity contribution in [1.29, 1.82) is 0 Å². The van der Waals surface area contributed by atoms with Crippen LogP contribution in [0.5, 0.6) is 5.75 Å². The van der Waals surface area contributed by atoms with Crippen LogP contribution in [0.4, 0.5) is 0 Å². The Bertz CT molecular complexity index is 1980. The van der Waals surface area contributed by atoms with Gasteiger partial charge in [0.25, 0.3) is 30.4 Å². The Morgan fingerprint density at radius 2 is 0.891 bits per heavy atom. The monoisotopic (exact) mass is 696 g/mol. The van der Waals surface area contributed by atoms with Crippen molar-refractivity contribution in [3.63, 3.8) is 0 Å². The fourth-order valence-electron chi connectivity index (χ4n) is 6.05. The zero-order valence-electron chi connectivity index (χ0n) is 25.7. The van der Waals surface area contributed by atoms with Crippen molar-refractivity contribution >= 4 is 68.6 Å². The summed E-state index contributed by atoms with van der Waals surface area (Å²) >= 11 is 0. The maximum absolute atomic E-state index is 12.8. The van der Waals surface area contributed by atoms with Gasteiger partial charge in [0.1, 0.15) is 20.4 Å². The van der Waals surface area contributed by atoms with Crippen molar-refractivity contribution in [3.05, 3.63) is 36.4 Å². The largest absolute Gasteiger partial charge is 0.426 e. The number of ether oxygens (including phenoxy) is 1. The van der Waals surface area contributed by atoms with E-state index in [2.05, 4.69) is 6.92 Å². The van der Waals surface area contributed by atoms with Crippen LogP contribution < -0.4 is 4.74 Å². The molecule has 252 valence electrons. The highest BCUT2D eigenvalue weighted by Gasteiger charge is 2.28. The summed E-state index contributed by atoms with van der Waals surface area (Å²) in [5, 5.41) is -0.561. The first-order valence-electron chi connectivity index (χ1n) is 15.6. The minimum absolute atomic E-state index is 0.0424. The zero-order chi connectivity index (χ0) is 33.7. The molecule has 0 atom stereocenters. The van der Waals surface area contributed by atoms with E-state index in [4.69, 9.17) is 4.74 Å². The zero-order valence-corrected chi connectivity index (χ0v) is 28.1. The third kappa shape index (κ3) is 8.52. The van der Waals surface area contributed by atoms with Crippen LogP contribution in [-0.2, 0) is 35.1 Å². The van der Waals surface area contributed by atoms with Gasteiger partial charge >= 0.3 is 5.97 Å². The SMILES string of the molecule is CCCCCCCCCCCCCCCC(=O)Oc1cc(S(=O)(=O)O)c2ccc3c(S(=O)(=O)O)cc(S(=O)(=O)O)c4ccc1c2c43. The van der Waals surface area contributed by atoms with Crippen molar-refractivity contribution in [1.82, 2.24) is 0 Å². The Kier molecular flexibility index (Phi) is 11.7. The molecule has 11 nitrogen and oxygen atoms in total. The van der Waals surface area contributed by atoms with Gasteiger partial charge < -0.3 is 4.74 Å². The van der Waals surface area contributed by atoms with Crippen LogP contribution in [0.2, 0.25) is 0 Å². The van der Waals surface area contributed by atoms with E-state index in [0.717, 1.165) is 37.8 Å². The normalized spacial score (nSPS) is 12.9. The van der Waals surface area contributed by atoms with Crippen LogP contribution in [0, 0.1) is 0 Å². The lowest BCUT2D eigenvalue weighted by atomic mass is 9.93. The van der Waals surface area contributed by atoms with Crippen LogP contribution in [0.3, 0.4) is 0 Å². The van der Waals surface area contributed by atoms with Crippen LogP contribution in [-0.4, -0.2) is 44.9 Å². The van der Waals surface area contributed by atoms with Crippen molar-refractivity contribution in [3.8, 4) is 5.75 Å². The van der Waals surface area contributed by atoms with Crippen molar-refractivity contribution in [2.45, 2.75) is 112 Å². The van der Waals surface area contributed by atoms with E-state index in [0.29, 0.717) is 12.5 Å². The number of unbranched alkanes of at least 4 members (excludes halogenated alkanes) is 12. The number of carbonyl (C=O) groups is 1. The molecule has 4 rings (SSSR count). The van der Waals surface area contributed by atoms with Gasteiger partial charge in [0, 0.05) is 44.8 Å². The molecule has 4 aromatic rings. The lowest BCUT2D eigenvalue weighted by molar-refractivity contribution is -0.134. The standard InChI is InChI=1S/C32H40O11S3/c1-2-3-4-5-6-7-8-9-10-11-12-13-14-15-30(33)43-26-20-27(44(34,35)36)23-18-19-25-29(46(40,41)42)21-28(45(37,38)39)24-17-16-22(26)31(23)32(24)25/h16-21H,2-15H2,1H3,(H,34,35,36)(H,37,38,39)(H,40,41,42). The van der Waals surface area contributed by atoms with Gasteiger partial charge in [0.2, 0.25) is 0 Å². The highest BCUT2D eigenvalue weighted by molar-refractivity contribution is 7.87. The van der Waals surface area contributed by atoms with Crippen molar-refractivity contribution in [2.24, 2.45) is 0 Å². The number of carbonyl (C=O) groups excluding carboxylic acids is 1. The maximum Gasteiger partial charge on any atom is 0.311 e. The first-order valence-corrected chi connectivity index (χ1v) is 19.9. The third-order valence-corrected chi connectivity index (χ3v) is 11.0. The molecule has 0 saturated heterocycles. The smallest absolute Gasteiger partial charge is 0.311 e. The average molecular weight is 697 g/mol. The second-order valence-electron chi connectivity index (χ2n) is 11.7. The Labute approximate surface area is 269 Å². The Hall–Kier alpha value is -2.88. The van der Waals surface area contributed by atoms with E-state index in [1.54, 1.807) is 0 Å². The van der Waals surface area contributed by atoms with E-state index in [1.165, 1.54) is 69.6 Å². The van der Waals surface area contributed by atoms with Gasteiger partial charge in [0.05, 0.1) is 0 Å². The lowest BCUT2D eigenvalue weighted by Gasteiger charge is -2.18. The summed E-state index contributed by atoms with van der Waals surface area (Å²) in [4.78, 5) is 10.5. The van der Waals surface area contributed by atoms with Crippen LogP contribution in [0.15, 0.2) is 51.1 Å². The highest BCUT2D eigenvalue weighted by atomic mass is 32.2. The molecule has 0 bridgehead atoms. The van der Waals surface area contributed by atoms with E-state index in [9.17, 15) is 43.7 Å². The van der Waals surface area contributed by atoms with Gasteiger partial charge in [0.15, 0.2) is 0 Å². The maximum atomic E-state index is 12.8. The molecule has 0 aliphatic rings. The summed E-state index contributed by atoms with van der Waals surface area (Å²) in [6.07, 6.45) is 14.7. The topological polar surface area (TPSA) is 189 Å². The van der Waals surface area contributed by atoms with Crippen molar-refractivity contribution in [2.75, 3.05) is 0 Å². The molecule has 0 heterocycles. The molecule has 0 amide bonds. The summed E-state index contributed by atoms with van der Waals surface area (Å²) in [5.41, 5.74) is 0. The average Bonchev–Trinajstić information content (AvgIpc) is 2.96. The second kappa shape index (κ2) is 14.9. The van der Waals surface area contributed by atoms with Gasteiger partial charge in [-0.05, 0) is 18.6 Å². The molecule has 0 aliphatic carbocycles. The molecule has 0 fully saturated rings. The first kappa shape index (κ1) is 36.0. The van der Waals surface area contributed by atoms with Gasteiger partial charge in [-0.25, -0.2) is 0 Å². The Balaban J connectivity index is 1.55. The Morgan fingerprint density at radius 3 is 1.30 bits per heavy atom. The molecule has 0 aromatic heterocycles. The molecule has 0 spiro atoms. The van der Waals surface area contributed by atoms with Gasteiger partial charge in [-0.2, -0.15) is 25.3 Å². The lowest BCUT2D eigenvalue weighted by Crippen LogP contribution is -2.10. The summed E-state index contributed by atoms with van der Waals surface area (Å²) in [6.45, 7) is 2.21. The predicted molar refractivity (Wildman–Crippen MR) is 176 cm³/mol. The number of hydrogen-bond donors (Lipinski definition) is 3. The summed E-state index contributed by atoms with van der Waals surface area (Å²) < 4.78 is 109. The summed E-state index contributed by atoms with van der Waals surface area (Å²) in [5.74, 6) is -0.906. The van der Waals surface area contributed by atoms with Gasteiger partial charge in [-0.3, -0.25) is 18.5 Å². The number of hydrogen-bond acceptors (Lipinski definition) is 8. The number of benzene rings is 4. The third-order valence-electron chi connectivity index (χ3n) is 8.29. The second-order valence-corrected chi connectivity index (χ2v) is 15.9. The molecule has 0 unspecified atom stereocenters. The predicted octanol–water partition coefficient (Wildman–Crippen LogP) is 7.71. The van der Waals surface area contributed by atoms with Gasteiger partial charge in [-0.1, -0.05) is 102 Å². The summed E-state index contributed by atoms with van der Waals surface area (Å²) in [6, 6.07) is 6.51. The number of esters is 1. The molecule has 14 heteroatoms. The molecule has 0 saturated carbocycles. The fraction of sp³-hybridized carbons (Fsp3) is 0.469. The molecule has 0 radical (unpaired) electrons.